The van der Waals surface area contributed by atoms with Gasteiger partial charge in [0, 0.05) is 10.6 Å². The van der Waals surface area contributed by atoms with Gasteiger partial charge >= 0.3 is 0 Å². The van der Waals surface area contributed by atoms with E-state index in [9.17, 15) is 10.1 Å². The fraction of sp³-hybridized carbons (Fsp3) is 0.143. The topological polar surface area (TPSA) is 50.1 Å². The first-order chi connectivity index (χ1) is 9.17. The third-order valence-corrected chi connectivity index (χ3v) is 3.78. The number of carbonyl (C=O) groups excluding carboxylic acids is 1. The van der Waals surface area contributed by atoms with Gasteiger partial charge in [0.05, 0.1) is 18.1 Å². The number of benzene rings is 1. The van der Waals surface area contributed by atoms with Gasteiger partial charge in [-0.25, -0.2) is 0 Å². The van der Waals surface area contributed by atoms with Crippen LogP contribution in [0.3, 0.4) is 0 Å². The summed E-state index contributed by atoms with van der Waals surface area (Å²) in [5.74, 6) is -0.661. The van der Waals surface area contributed by atoms with Crippen molar-refractivity contribution in [3.63, 3.8) is 0 Å². The predicted octanol–water partition coefficient (Wildman–Crippen LogP) is 3.90. The number of thiophene rings is 1. The van der Waals surface area contributed by atoms with Crippen molar-refractivity contribution < 1.29 is 9.53 Å². The minimum atomic E-state index is -0.910. The molecule has 0 fully saturated rings. The Bertz CT molecular complexity index is 631. The first kappa shape index (κ1) is 13.6. The summed E-state index contributed by atoms with van der Waals surface area (Å²) in [6.45, 7) is 0. The van der Waals surface area contributed by atoms with Gasteiger partial charge in [-0.15, -0.1) is 11.3 Å². The third-order valence-electron chi connectivity index (χ3n) is 2.66. The average Bonchev–Trinajstić information content (AvgIpc) is 2.93. The van der Waals surface area contributed by atoms with E-state index >= 15 is 0 Å². The van der Waals surface area contributed by atoms with E-state index in [1.165, 1.54) is 18.4 Å². The van der Waals surface area contributed by atoms with E-state index in [1.54, 1.807) is 35.7 Å². The molecule has 19 heavy (non-hydrogen) atoms. The van der Waals surface area contributed by atoms with Crippen molar-refractivity contribution >= 4 is 28.7 Å². The van der Waals surface area contributed by atoms with E-state index in [0.29, 0.717) is 21.2 Å². The molecule has 1 aromatic heterocycles. The van der Waals surface area contributed by atoms with Crippen LogP contribution in [0, 0.1) is 11.3 Å². The first-order valence-corrected chi connectivity index (χ1v) is 6.74. The highest BCUT2D eigenvalue weighted by Crippen LogP contribution is 2.32. The molecule has 0 saturated carbocycles. The highest BCUT2D eigenvalue weighted by molar-refractivity contribution is 7.12. The number of rotatable bonds is 4. The number of methoxy groups -OCH3 is 1. The van der Waals surface area contributed by atoms with Gasteiger partial charge in [-0.05, 0) is 29.6 Å². The number of ketones is 1. The molecule has 0 N–H and O–H groups in total. The Labute approximate surface area is 120 Å². The standard InChI is InChI=1S/C14H10ClNO2S/c1-18-12-5-4-9(15)7-10(12)11(8-16)14(17)13-3-2-6-19-13/h2-7,11H,1H3. The zero-order chi connectivity index (χ0) is 13.8. The molecule has 1 atom stereocenters. The normalized spacial score (nSPS) is 11.6. The molecule has 0 spiro atoms. The van der Waals surface area contributed by atoms with E-state index in [-0.39, 0.29) is 5.78 Å². The highest BCUT2D eigenvalue weighted by Gasteiger charge is 2.25. The summed E-state index contributed by atoms with van der Waals surface area (Å²) in [7, 11) is 1.50. The zero-order valence-electron chi connectivity index (χ0n) is 10.1. The van der Waals surface area contributed by atoms with Crippen LogP contribution in [0.1, 0.15) is 21.2 Å². The van der Waals surface area contributed by atoms with E-state index < -0.39 is 5.92 Å². The monoisotopic (exact) mass is 291 g/mol. The summed E-state index contributed by atoms with van der Waals surface area (Å²) in [4.78, 5) is 12.9. The summed E-state index contributed by atoms with van der Waals surface area (Å²) < 4.78 is 5.19. The lowest BCUT2D eigenvalue weighted by Gasteiger charge is -2.12. The fourth-order valence-electron chi connectivity index (χ4n) is 1.76. The summed E-state index contributed by atoms with van der Waals surface area (Å²) in [6.07, 6.45) is 0. The number of Topliss-reactive ketones (excluding diaryl/α,β-unsaturated/α-hetero) is 1. The maximum absolute atomic E-state index is 12.3. The van der Waals surface area contributed by atoms with Crippen LogP contribution >= 0.6 is 22.9 Å². The number of carbonyl (C=O) groups is 1. The second kappa shape index (κ2) is 5.87. The number of hydrogen-bond acceptors (Lipinski definition) is 4. The SMILES string of the molecule is COc1ccc(Cl)cc1C(C#N)C(=O)c1cccs1. The van der Waals surface area contributed by atoms with Gasteiger partial charge in [-0.1, -0.05) is 17.7 Å². The lowest BCUT2D eigenvalue weighted by molar-refractivity contribution is 0.0981. The van der Waals surface area contributed by atoms with Crippen LogP contribution in [-0.4, -0.2) is 12.9 Å². The molecule has 3 nitrogen and oxygen atoms in total. The molecule has 0 bridgehead atoms. The smallest absolute Gasteiger partial charge is 0.194 e. The maximum Gasteiger partial charge on any atom is 0.194 e. The zero-order valence-corrected chi connectivity index (χ0v) is 11.7. The molecule has 1 aromatic carbocycles. The van der Waals surface area contributed by atoms with Crippen molar-refractivity contribution in [3.8, 4) is 11.8 Å². The van der Waals surface area contributed by atoms with Crippen molar-refractivity contribution in [2.75, 3.05) is 7.11 Å². The average molecular weight is 292 g/mol. The summed E-state index contributed by atoms with van der Waals surface area (Å²) in [5.41, 5.74) is 0.496. The summed E-state index contributed by atoms with van der Waals surface area (Å²) in [5, 5.41) is 11.6. The van der Waals surface area contributed by atoms with Gasteiger partial charge in [-0.3, -0.25) is 4.79 Å². The Morgan fingerprint density at radius 3 is 2.84 bits per heavy atom. The molecule has 0 amide bonds. The number of hydrogen-bond donors (Lipinski definition) is 0. The Morgan fingerprint density at radius 2 is 2.26 bits per heavy atom. The van der Waals surface area contributed by atoms with Gasteiger partial charge in [0.1, 0.15) is 11.7 Å². The molecule has 2 aromatic rings. The molecule has 1 unspecified atom stereocenters. The van der Waals surface area contributed by atoms with Crippen molar-refractivity contribution in [1.29, 1.82) is 5.26 Å². The van der Waals surface area contributed by atoms with Crippen LogP contribution in [0.4, 0.5) is 0 Å². The molecular formula is C14H10ClNO2S. The molecule has 0 aliphatic rings. The molecule has 2 rings (SSSR count). The summed E-state index contributed by atoms with van der Waals surface area (Å²) >= 11 is 7.24. The van der Waals surface area contributed by atoms with E-state index in [1.807, 2.05) is 6.07 Å². The lowest BCUT2D eigenvalue weighted by atomic mass is 9.94. The highest BCUT2D eigenvalue weighted by atomic mass is 35.5. The van der Waals surface area contributed by atoms with Crippen molar-refractivity contribution in [1.82, 2.24) is 0 Å². The Morgan fingerprint density at radius 1 is 1.47 bits per heavy atom. The van der Waals surface area contributed by atoms with Crippen LogP contribution in [0.2, 0.25) is 5.02 Å². The number of nitrogens with zero attached hydrogens (tertiary/aromatic N) is 1. The van der Waals surface area contributed by atoms with E-state index in [0.717, 1.165) is 0 Å². The number of halogens is 1. The van der Waals surface area contributed by atoms with Gasteiger partial charge in [0.2, 0.25) is 0 Å². The lowest BCUT2D eigenvalue weighted by Crippen LogP contribution is -2.11. The maximum atomic E-state index is 12.3. The predicted molar refractivity (Wildman–Crippen MR) is 75.0 cm³/mol. The van der Waals surface area contributed by atoms with Gasteiger partial charge in [0.25, 0.3) is 0 Å². The molecular weight excluding hydrogens is 282 g/mol. The Hall–Kier alpha value is -1.83. The van der Waals surface area contributed by atoms with Crippen molar-refractivity contribution in [2.45, 2.75) is 5.92 Å². The summed E-state index contributed by atoms with van der Waals surface area (Å²) in [6, 6.07) is 10.4. The van der Waals surface area contributed by atoms with E-state index in [2.05, 4.69) is 0 Å². The van der Waals surface area contributed by atoms with Gasteiger partial charge < -0.3 is 4.74 Å². The van der Waals surface area contributed by atoms with Crippen molar-refractivity contribution in [3.05, 3.63) is 51.2 Å². The molecule has 1 heterocycles. The van der Waals surface area contributed by atoms with Gasteiger partial charge in [0.15, 0.2) is 5.78 Å². The van der Waals surface area contributed by atoms with Crippen LogP contribution < -0.4 is 4.74 Å². The number of ether oxygens (including phenoxy) is 1. The molecule has 0 aliphatic carbocycles. The molecule has 5 heteroatoms. The Balaban J connectivity index is 2.46. The molecule has 96 valence electrons. The van der Waals surface area contributed by atoms with Crippen LogP contribution in [0.25, 0.3) is 0 Å². The quantitative estimate of drug-likeness (QED) is 0.803. The second-order valence-electron chi connectivity index (χ2n) is 3.79. The number of nitriles is 1. The Kier molecular flexibility index (Phi) is 4.20. The van der Waals surface area contributed by atoms with Crippen LogP contribution in [0.5, 0.6) is 5.75 Å². The molecule has 0 radical (unpaired) electrons. The first-order valence-electron chi connectivity index (χ1n) is 5.48. The van der Waals surface area contributed by atoms with Gasteiger partial charge in [-0.2, -0.15) is 5.26 Å². The minimum Gasteiger partial charge on any atom is -0.496 e. The van der Waals surface area contributed by atoms with Crippen LogP contribution in [0.15, 0.2) is 35.7 Å². The molecule has 0 saturated heterocycles. The van der Waals surface area contributed by atoms with Crippen molar-refractivity contribution in [2.24, 2.45) is 0 Å². The third kappa shape index (κ3) is 2.78. The fourth-order valence-corrected chi connectivity index (χ4v) is 2.64. The van der Waals surface area contributed by atoms with Crippen LogP contribution in [-0.2, 0) is 0 Å². The van der Waals surface area contributed by atoms with E-state index in [4.69, 9.17) is 16.3 Å². The largest absolute Gasteiger partial charge is 0.496 e. The minimum absolute atomic E-state index is 0.238. The molecule has 0 aliphatic heterocycles. The second-order valence-corrected chi connectivity index (χ2v) is 5.17.